The highest BCUT2D eigenvalue weighted by atomic mass is 79.9. The molecule has 1 aliphatic heterocycles. The molecule has 1 fully saturated rings. The summed E-state index contributed by atoms with van der Waals surface area (Å²) in [5.41, 5.74) is 0.633. The number of amides is 1. The molecule has 1 saturated heterocycles. The second-order valence-corrected chi connectivity index (χ2v) is 6.68. The topological polar surface area (TPSA) is 36.7 Å². The van der Waals surface area contributed by atoms with Gasteiger partial charge in [-0.25, -0.2) is 0 Å². The molecule has 1 aromatic heterocycles. The van der Waals surface area contributed by atoms with E-state index in [0.29, 0.717) is 16.2 Å². The summed E-state index contributed by atoms with van der Waals surface area (Å²) in [4.78, 5) is 16.7. The molecule has 4 nitrogen and oxygen atoms in total. The first kappa shape index (κ1) is 16.6. The van der Waals surface area contributed by atoms with Gasteiger partial charge in [0.1, 0.15) is 0 Å². The van der Waals surface area contributed by atoms with Crippen molar-refractivity contribution < 1.29 is 9.21 Å². The Morgan fingerprint density at radius 2 is 2.19 bits per heavy atom. The summed E-state index contributed by atoms with van der Waals surface area (Å²) in [7, 11) is 2.20. The largest absolute Gasteiger partial charge is 0.457 e. The first-order valence-corrected chi connectivity index (χ1v) is 8.62. The van der Waals surface area contributed by atoms with Crippen LogP contribution in [0.25, 0.3) is 0 Å². The SMILES string of the molecule is CCCCN(C)CC1CCN(C(=O)c2ccoc2Br)CC1. The summed E-state index contributed by atoms with van der Waals surface area (Å²) in [5.74, 6) is 0.789. The normalized spacial score (nSPS) is 16.7. The van der Waals surface area contributed by atoms with Gasteiger partial charge in [0.05, 0.1) is 11.8 Å². The lowest BCUT2D eigenvalue weighted by Gasteiger charge is -2.33. The van der Waals surface area contributed by atoms with E-state index in [1.54, 1.807) is 12.3 Å². The van der Waals surface area contributed by atoms with Gasteiger partial charge in [0.25, 0.3) is 5.91 Å². The second kappa shape index (κ2) is 7.99. The zero-order valence-electron chi connectivity index (χ0n) is 13.0. The minimum Gasteiger partial charge on any atom is -0.457 e. The van der Waals surface area contributed by atoms with E-state index in [1.165, 1.54) is 19.4 Å². The molecule has 0 aromatic carbocycles. The van der Waals surface area contributed by atoms with Gasteiger partial charge in [0, 0.05) is 19.6 Å². The predicted molar refractivity (Wildman–Crippen MR) is 87.4 cm³/mol. The molecule has 1 amide bonds. The average Bonchev–Trinajstić information content (AvgIpc) is 2.91. The fourth-order valence-corrected chi connectivity index (χ4v) is 3.30. The third-order valence-electron chi connectivity index (χ3n) is 4.21. The van der Waals surface area contributed by atoms with Crippen LogP contribution in [0.15, 0.2) is 21.4 Å². The Bertz CT molecular complexity index is 453. The van der Waals surface area contributed by atoms with Crippen molar-refractivity contribution >= 4 is 21.8 Å². The number of nitrogens with zero attached hydrogens (tertiary/aromatic N) is 2. The van der Waals surface area contributed by atoms with Crippen LogP contribution in [0.5, 0.6) is 0 Å². The molecule has 0 bridgehead atoms. The highest BCUT2D eigenvalue weighted by Gasteiger charge is 2.26. The fraction of sp³-hybridized carbons (Fsp3) is 0.688. The van der Waals surface area contributed by atoms with Crippen molar-refractivity contribution in [1.29, 1.82) is 0 Å². The molecule has 2 heterocycles. The predicted octanol–water partition coefficient (Wildman–Crippen LogP) is 3.63. The third kappa shape index (κ3) is 4.58. The smallest absolute Gasteiger partial charge is 0.258 e. The summed E-state index contributed by atoms with van der Waals surface area (Å²) in [6, 6.07) is 1.73. The Labute approximate surface area is 135 Å². The maximum absolute atomic E-state index is 12.4. The Morgan fingerprint density at radius 3 is 2.76 bits per heavy atom. The van der Waals surface area contributed by atoms with Crippen molar-refractivity contribution in [3.05, 3.63) is 22.6 Å². The number of carbonyl (C=O) groups is 1. The average molecular weight is 357 g/mol. The monoisotopic (exact) mass is 356 g/mol. The molecule has 0 unspecified atom stereocenters. The van der Waals surface area contributed by atoms with Crippen LogP contribution in [-0.4, -0.2) is 48.9 Å². The van der Waals surface area contributed by atoms with Gasteiger partial charge in [-0.15, -0.1) is 0 Å². The van der Waals surface area contributed by atoms with Gasteiger partial charge >= 0.3 is 0 Å². The quantitative estimate of drug-likeness (QED) is 0.780. The van der Waals surface area contributed by atoms with Crippen LogP contribution in [0.2, 0.25) is 0 Å². The van der Waals surface area contributed by atoms with Crippen LogP contribution in [0, 0.1) is 5.92 Å². The number of carbonyl (C=O) groups excluding carboxylic acids is 1. The van der Waals surface area contributed by atoms with Crippen molar-refractivity contribution in [1.82, 2.24) is 9.80 Å². The van der Waals surface area contributed by atoms with Crippen molar-refractivity contribution in [2.75, 3.05) is 33.2 Å². The number of unbranched alkanes of at least 4 members (excludes halogenated alkanes) is 1. The maximum Gasteiger partial charge on any atom is 0.258 e. The lowest BCUT2D eigenvalue weighted by molar-refractivity contribution is 0.0671. The number of piperidine rings is 1. The molecular weight excluding hydrogens is 332 g/mol. The van der Waals surface area contributed by atoms with Crippen molar-refractivity contribution in [2.45, 2.75) is 32.6 Å². The molecule has 0 N–H and O–H groups in total. The first-order valence-electron chi connectivity index (χ1n) is 7.82. The Morgan fingerprint density at radius 1 is 1.48 bits per heavy atom. The molecule has 0 spiro atoms. The van der Waals surface area contributed by atoms with Crippen molar-refractivity contribution in [3.63, 3.8) is 0 Å². The van der Waals surface area contributed by atoms with Crippen molar-refractivity contribution in [3.8, 4) is 0 Å². The van der Waals surface area contributed by atoms with Crippen molar-refractivity contribution in [2.24, 2.45) is 5.92 Å². The molecule has 1 aliphatic rings. The molecule has 0 atom stereocenters. The number of likely N-dealkylation sites (tertiary alicyclic amines) is 1. The van der Waals surface area contributed by atoms with Crippen LogP contribution >= 0.6 is 15.9 Å². The van der Waals surface area contributed by atoms with E-state index >= 15 is 0 Å². The zero-order chi connectivity index (χ0) is 15.2. The maximum atomic E-state index is 12.4. The highest BCUT2D eigenvalue weighted by Crippen LogP contribution is 2.23. The highest BCUT2D eigenvalue weighted by molar-refractivity contribution is 9.10. The van der Waals surface area contributed by atoms with Gasteiger partial charge in [-0.1, -0.05) is 13.3 Å². The second-order valence-electron chi connectivity index (χ2n) is 5.96. The molecule has 21 heavy (non-hydrogen) atoms. The minimum absolute atomic E-state index is 0.0772. The van der Waals surface area contributed by atoms with E-state index in [0.717, 1.165) is 32.5 Å². The molecule has 118 valence electrons. The zero-order valence-corrected chi connectivity index (χ0v) is 14.6. The molecular formula is C16H25BrN2O2. The fourth-order valence-electron chi connectivity index (χ4n) is 2.90. The van der Waals surface area contributed by atoms with Crippen LogP contribution < -0.4 is 0 Å². The summed E-state index contributed by atoms with van der Waals surface area (Å²) in [5, 5.41) is 0. The lowest BCUT2D eigenvalue weighted by atomic mass is 9.96. The summed E-state index contributed by atoms with van der Waals surface area (Å²) in [6.45, 7) is 6.26. The Hall–Kier alpha value is -0.810. The van der Waals surface area contributed by atoms with E-state index in [-0.39, 0.29) is 5.91 Å². The molecule has 5 heteroatoms. The molecule has 0 aliphatic carbocycles. The van der Waals surface area contributed by atoms with E-state index in [2.05, 4.69) is 34.8 Å². The van der Waals surface area contributed by atoms with Gasteiger partial charge < -0.3 is 14.2 Å². The first-order chi connectivity index (χ1) is 10.1. The number of halogens is 1. The van der Waals surface area contributed by atoms with Crippen LogP contribution in [0.3, 0.4) is 0 Å². The van der Waals surface area contributed by atoms with E-state index in [1.807, 2.05) is 4.90 Å². The Balaban J connectivity index is 1.78. The summed E-state index contributed by atoms with van der Waals surface area (Å²) in [6.07, 6.45) is 6.25. The van der Waals surface area contributed by atoms with Gasteiger partial charge in [-0.05, 0) is 60.8 Å². The van der Waals surface area contributed by atoms with E-state index in [9.17, 15) is 4.79 Å². The Kier molecular flexibility index (Phi) is 6.30. The molecule has 1 aromatic rings. The van der Waals surface area contributed by atoms with Crippen LogP contribution in [-0.2, 0) is 0 Å². The summed E-state index contributed by atoms with van der Waals surface area (Å²) >= 11 is 3.28. The number of hydrogen-bond donors (Lipinski definition) is 0. The van der Waals surface area contributed by atoms with Gasteiger partial charge in [0.2, 0.25) is 0 Å². The van der Waals surface area contributed by atoms with Crippen LogP contribution in [0.1, 0.15) is 43.0 Å². The number of hydrogen-bond acceptors (Lipinski definition) is 3. The number of furan rings is 1. The van der Waals surface area contributed by atoms with Crippen LogP contribution in [0.4, 0.5) is 0 Å². The van der Waals surface area contributed by atoms with E-state index < -0.39 is 0 Å². The van der Waals surface area contributed by atoms with E-state index in [4.69, 9.17) is 4.42 Å². The summed E-state index contributed by atoms with van der Waals surface area (Å²) < 4.78 is 5.69. The van der Waals surface area contributed by atoms with Gasteiger partial charge in [0.15, 0.2) is 4.67 Å². The third-order valence-corrected chi connectivity index (χ3v) is 4.83. The van der Waals surface area contributed by atoms with Gasteiger partial charge in [-0.3, -0.25) is 4.79 Å². The standard InChI is InChI=1S/C16H25BrN2O2/c1-3-4-8-18(2)12-13-5-9-19(10-6-13)16(20)14-7-11-21-15(14)17/h7,11,13H,3-6,8-10,12H2,1-2H3. The molecule has 0 saturated carbocycles. The van der Waals surface area contributed by atoms with Gasteiger partial charge in [-0.2, -0.15) is 0 Å². The molecule has 0 radical (unpaired) electrons. The lowest BCUT2D eigenvalue weighted by Crippen LogP contribution is -2.41. The molecule has 2 rings (SSSR count). The number of rotatable bonds is 6. The minimum atomic E-state index is 0.0772.